The predicted octanol–water partition coefficient (Wildman–Crippen LogP) is 5.67. The molecule has 0 radical (unpaired) electrons. The average molecular weight is 524 g/mol. The van der Waals surface area contributed by atoms with Crippen molar-refractivity contribution in [2.75, 3.05) is 18.6 Å². The Morgan fingerprint density at radius 1 is 1.08 bits per heavy atom. The van der Waals surface area contributed by atoms with Crippen LogP contribution in [-0.2, 0) is 6.42 Å². The van der Waals surface area contributed by atoms with Crippen LogP contribution >= 0.6 is 11.3 Å². The number of aryl methyl sites for hydroxylation is 1. The summed E-state index contributed by atoms with van der Waals surface area (Å²) in [5, 5.41) is 9.54. The van der Waals surface area contributed by atoms with Crippen LogP contribution in [0.25, 0.3) is 11.0 Å². The van der Waals surface area contributed by atoms with Crippen LogP contribution < -0.4 is 19.8 Å². The lowest BCUT2D eigenvalue weighted by Gasteiger charge is -2.23. The van der Waals surface area contributed by atoms with Crippen molar-refractivity contribution in [3.05, 3.63) is 74.3 Å². The van der Waals surface area contributed by atoms with Crippen LogP contribution in [0.2, 0.25) is 0 Å². The van der Waals surface area contributed by atoms with E-state index >= 15 is 0 Å². The molecule has 1 aliphatic rings. The number of carbonyl (C=O) groups is 1. The van der Waals surface area contributed by atoms with E-state index in [4.69, 9.17) is 13.9 Å². The van der Waals surface area contributed by atoms with Gasteiger partial charge in [0.2, 0.25) is 10.9 Å². The number of fused-ring (bicyclic) bond motifs is 2. The highest BCUT2D eigenvalue weighted by Crippen LogP contribution is 2.44. The Morgan fingerprint density at radius 2 is 1.92 bits per heavy atom. The van der Waals surface area contributed by atoms with Crippen molar-refractivity contribution in [3.63, 3.8) is 0 Å². The Balaban J connectivity index is 1.66. The predicted molar refractivity (Wildman–Crippen MR) is 138 cm³/mol. The highest BCUT2D eigenvalue weighted by atomic mass is 32.1. The maximum Gasteiger partial charge on any atom is 0.297 e. The van der Waals surface area contributed by atoms with Crippen molar-refractivity contribution in [2.24, 2.45) is 0 Å². The van der Waals surface area contributed by atoms with E-state index < -0.39 is 23.2 Å². The third-order valence-electron chi connectivity index (χ3n) is 6.31. The number of hydrogen-bond acceptors (Lipinski definition) is 8. The van der Waals surface area contributed by atoms with Crippen molar-refractivity contribution < 1.29 is 23.1 Å². The third-order valence-corrected chi connectivity index (χ3v) is 7.37. The number of unbranched alkanes of at least 4 members (excludes halogenated alkanes) is 2. The highest BCUT2D eigenvalue weighted by Gasteiger charge is 2.45. The van der Waals surface area contributed by atoms with Crippen molar-refractivity contribution >= 4 is 33.3 Å². The Labute approximate surface area is 216 Å². The summed E-state index contributed by atoms with van der Waals surface area (Å²) in [5.74, 6) is -0.143. The minimum absolute atomic E-state index is 0.0627. The van der Waals surface area contributed by atoms with Crippen molar-refractivity contribution in [1.82, 2.24) is 10.2 Å². The Hall–Kier alpha value is -3.79. The minimum Gasteiger partial charge on any atom is -0.493 e. The quantitative estimate of drug-likeness (QED) is 0.261. The number of methoxy groups -OCH3 is 1. The van der Waals surface area contributed by atoms with Gasteiger partial charge in [0, 0.05) is 0 Å². The van der Waals surface area contributed by atoms with Gasteiger partial charge in [0.15, 0.2) is 16.9 Å². The Morgan fingerprint density at radius 3 is 2.65 bits per heavy atom. The molecule has 0 saturated carbocycles. The minimum atomic E-state index is -0.868. The topological polar surface area (TPSA) is 94.8 Å². The molecule has 10 heteroatoms. The second kappa shape index (κ2) is 10.3. The molecule has 2 aromatic heterocycles. The highest BCUT2D eigenvalue weighted by molar-refractivity contribution is 7.15. The molecule has 0 saturated heterocycles. The number of halogens is 1. The van der Waals surface area contributed by atoms with Gasteiger partial charge in [-0.2, -0.15) is 0 Å². The van der Waals surface area contributed by atoms with Gasteiger partial charge in [-0.3, -0.25) is 14.5 Å². The summed E-state index contributed by atoms with van der Waals surface area (Å²) in [5.41, 5.74) is 0.380. The molecule has 2 aromatic carbocycles. The fourth-order valence-corrected chi connectivity index (χ4v) is 5.26. The lowest BCUT2D eigenvalue weighted by atomic mass is 9.98. The number of carbonyl (C=O) groups excluding carboxylic acids is 1. The van der Waals surface area contributed by atoms with Crippen LogP contribution in [0.5, 0.6) is 11.5 Å². The van der Waals surface area contributed by atoms with Gasteiger partial charge in [-0.15, -0.1) is 10.2 Å². The maximum atomic E-state index is 14.0. The van der Waals surface area contributed by atoms with E-state index in [0.29, 0.717) is 35.2 Å². The fraction of sp³-hybridized carbons (Fsp3) is 0.333. The Bertz CT molecular complexity index is 1530. The number of aromatic nitrogens is 2. The lowest BCUT2D eigenvalue weighted by Crippen LogP contribution is -2.29. The van der Waals surface area contributed by atoms with E-state index in [0.717, 1.165) is 30.3 Å². The third kappa shape index (κ3) is 4.46. The molecule has 0 aliphatic carbocycles. The largest absolute Gasteiger partial charge is 0.493 e. The van der Waals surface area contributed by atoms with Gasteiger partial charge in [-0.25, -0.2) is 4.39 Å². The van der Waals surface area contributed by atoms with Gasteiger partial charge in [0.1, 0.15) is 16.4 Å². The van der Waals surface area contributed by atoms with Gasteiger partial charge in [-0.1, -0.05) is 44.1 Å². The van der Waals surface area contributed by atoms with Crippen LogP contribution in [0.3, 0.4) is 0 Å². The second-order valence-electron chi connectivity index (χ2n) is 8.69. The van der Waals surface area contributed by atoms with E-state index in [-0.39, 0.29) is 22.3 Å². The molecule has 5 rings (SSSR count). The summed E-state index contributed by atoms with van der Waals surface area (Å²) < 4.78 is 31.4. The summed E-state index contributed by atoms with van der Waals surface area (Å²) in [6.07, 6.45) is 3.70. The summed E-state index contributed by atoms with van der Waals surface area (Å²) >= 11 is 1.27. The number of hydrogen-bond donors (Lipinski definition) is 0. The number of rotatable bonds is 9. The molecule has 0 spiro atoms. The smallest absolute Gasteiger partial charge is 0.297 e. The summed E-state index contributed by atoms with van der Waals surface area (Å²) in [6.45, 7) is 4.61. The van der Waals surface area contributed by atoms with E-state index in [2.05, 4.69) is 17.1 Å². The van der Waals surface area contributed by atoms with Crippen LogP contribution in [0, 0.1) is 5.82 Å². The number of amides is 1. The first-order valence-electron chi connectivity index (χ1n) is 12.2. The summed E-state index contributed by atoms with van der Waals surface area (Å²) in [7, 11) is 1.53. The molecule has 0 N–H and O–H groups in total. The normalized spacial score (nSPS) is 14.9. The maximum absolute atomic E-state index is 14.0. The Kier molecular flexibility index (Phi) is 6.92. The van der Waals surface area contributed by atoms with Gasteiger partial charge < -0.3 is 13.9 Å². The fourth-order valence-electron chi connectivity index (χ4n) is 4.45. The van der Waals surface area contributed by atoms with Crippen LogP contribution in [0.1, 0.15) is 65.8 Å². The zero-order chi connectivity index (χ0) is 26.1. The number of benzene rings is 2. The van der Waals surface area contributed by atoms with Gasteiger partial charge in [0.25, 0.3) is 5.91 Å². The first-order chi connectivity index (χ1) is 18.0. The molecule has 3 heterocycles. The van der Waals surface area contributed by atoms with Crippen molar-refractivity contribution in [2.45, 2.75) is 45.6 Å². The van der Waals surface area contributed by atoms with Gasteiger partial charge >= 0.3 is 0 Å². The molecule has 192 valence electrons. The number of ether oxygens (including phenoxy) is 2. The van der Waals surface area contributed by atoms with Gasteiger partial charge in [0.05, 0.1) is 30.7 Å². The zero-order valence-electron chi connectivity index (χ0n) is 20.7. The van der Waals surface area contributed by atoms with Crippen LogP contribution in [-0.4, -0.2) is 29.8 Å². The van der Waals surface area contributed by atoms with E-state index in [1.165, 1.54) is 35.5 Å². The molecule has 1 unspecified atom stereocenters. The number of anilines is 1. The average Bonchev–Trinajstić information content (AvgIpc) is 3.49. The van der Waals surface area contributed by atoms with Crippen LogP contribution in [0.4, 0.5) is 9.52 Å². The molecule has 4 aromatic rings. The second-order valence-corrected chi connectivity index (χ2v) is 9.73. The van der Waals surface area contributed by atoms with Crippen molar-refractivity contribution in [1.29, 1.82) is 0 Å². The molecule has 1 aliphatic heterocycles. The van der Waals surface area contributed by atoms with Crippen LogP contribution in [0.15, 0.2) is 45.6 Å². The van der Waals surface area contributed by atoms with E-state index in [9.17, 15) is 14.0 Å². The summed E-state index contributed by atoms with van der Waals surface area (Å²) in [6, 6.07) is 8.09. The monoisotopic (exact) mass is 523 g/mol. The number of nitrogens with zero attached hydrogens (tertiary/aromatic N) is 3. The lowest BCUT2D eigenvalue weighted by molar-refractivity contribution is 0.0970. The molecule has 1 atom stereocenters. The molecule has 0 fully saturated rings. The molecule has 0 bridgehead atoms. The first kappa shape index (κ1) is 24.9. The molecule has 37 heavy (non-hydrogen) atoms. The van der Waals surface area contributed by atoms with E-state index in [1.54, 1.807) is 18.2 Å². The molecule has 1 amide bonds. The van der Waals surface area contributed by atoms with Crippen molar-refractivity contribution in [3.8, 4) is 11.5 Å². The molecule has 8 nitrogen and oxygen atoms in total. The first-order valence-corrected chi connectivity index (χ1v) is 13.0. The standard InChI is InChI=1S/C27H26FN3O5S/c1-4-6-7-12-35-19-10-8-15(13-20(19)34-3)23-22-24(32)17-14-16(28)9-11-18(17)36-25(22)26(33)31(23)27-30-29-21(5-2)37-27/h8-11,13-14,23H,4-7,12H2,1-3H3. The van der Waals surface area contributed by atoms with E-state index in [1.807, 2.05) is 6.92 Å². The SMILES string of the molecule is CCCCCOc1ccc(C2c3c(oc4ccc(F)cc4c3=O)C(=O)N2c2nnc(CC)s2)cc1OC. The molecular formula is C27H26FN3O5S. The van der Waals surface area contributed by atoms with Gasteiger partial charge in [-0.05, 0) is 48.7 Å². The zero-order valence-corrected chi connectivity index (χ0v) is 21.6. The summed E-state index contributed by atoms with van der Waals surface area (Å²) in [4.78, 5) is 28.8. The molecular weight excluding hydrogens is 497 g/mol.